The van der Waals surface area contributed by atoms with E-state index in [1.165, 1.54) is 10.4 Å². The Labute approximate surface area is 155 Å². The molecule has 2 heterocycles. The second-order valence-electron chi connectivity index (χ2n) is 6.68. The third-order valence-electron chi connectivity index (χ3n) is 4.82. The molecule has 1 aromatic heterocycles. The fraction of sp³-hybridized carbons (Fsp3) is 0.450. The van der Waals surface area contributed by atoms with Gasteiger partial charge in [-0.2, -0.15) is 0 Å². The van der Waals surface area contributed by atoms with Gasteiger partial charge in [-0.3, -0.25) is 9.89 Å². The van der Waals surface area contributed by atoms with Crippen molar-refractivity contribution in [3.05, 3.63) is 58.3 Å². The molecule has 4 nitrogen and oxygen atoms in total. The number of rotatable bonds is 5. The van der Waals surface area contributed by atoms with Crippen LogP contribution >= 0.6 is 11.3 Å². The van der Waals surface area contributed by atoms with Crippen molar-refractivity contribution in [2.75, 3.05) is 13.6 Å². The van der Waals surface area contributed by atoms with E-state index in [1.807, 2.05) is 7.05 Å². The smallest absolute Gasteiger partial charge is 0.191 e. The number of nitrogens with one attached hydrogen (secondary N) is 2. The Balaban J connectivity index is 1.46. The third kappa shape index (κ3) is 5.31. The van der Waals surface area contributed by atoms with Crippen molar-refractivity contribution in [1.82, 2.24) is 15.5 Å². The van der Waals surface area contributed by atoms with Gasteiger partial charge in [0.25, 0.3) is 0 Å². The lowest BCUT2D eigenvalue weighted by Crippen LogP contribution is -2.51. The number of thiophene rings is 1. The molecule has 0 amide bonds. The largest absolute Gasteiger partial charge is 0.354 e. The fourth-order valence-corrected chi connectivity index (χ4v) is 4.02. The highest BCUT2D eigenvalue weighted by atomic mass is 32.1. The minimum Gasteiger partial charge on any atom is -0.354 e. The molecule has 2 atom stereocenters. The molecular formula is C20H28N4S. The summed E-state index contributed by atoms with van der Waals surface area (Å²) in [5.41, 5.74) is 1.40. The zero-order valence-electron chi connectivity index (χ0n) is 15.1. The maximum Gasteiger partial charge on any atom is 0.191 e. The first-order valence-corrected chi connectivity index (χ1v) is 9.90. The quantitative estimate of drug-likeness (QED) is 0.637. The third-order valence-corrected chi connectivity index (χ3v) is 5.69. The van der Waals surface area contributed by atoms with Gasteiger partial charge in [-0.25, -0.2) is 0 Å². The predicted octanol–water partition coefficient (Wildman–Crippen LogP) is 3.47. The van der Waals surface area contributed by atoms with Crippen LogP contribution < -0.4 is 10.6 Å². The summed E-state index contributed by atoms with van der Waals surface area (Å²) in [4.78, 5) is 8.29. The molecule has 0 radical (unpaired) electrons. The number of piperidine rings is 1. The lowest BCUT2D eigenvalue weighted by atomic mass is 9.97. The molecule has 0 spiro atoms. The van der Waals surface area contributed by atoms with E-state index in [0.29, 0.717) is 12.1 Å². The number of hydrogen-bond acceptors (Lipinski definition) is 3. The summed E-state index contributed by atoms with van der Waals surface area (Å²) in [7, 11) is 1.84. The number of aliphatic imine (C=N–C) groups is 1. The average Bonchev–Trinajstić information content (AvgIpc) is 3.15. The molecule has 2 aromatic rings. The maximum atomic E-state index is 4.38. The van der Waals surface area contributed by atoms with E-state index in [1.54, 1.807) is 11.3 Å². The highest BCUT2D eigenvalue weighted by molar-refractivity contribution is 7.09. The number of nitrogens with zero attached hydrogens (tertiary/aromatic N) is 2. The van der Waals surface area contributed by atoms with Gasteiger partial charge in [0.1, 0.15) is 0 Å². The first kappa shape index (κ1) is 18.0. The minimum atomic E-state index is 0.483. The second kappa shape index (κ2) is 9.02. The summed E-state index contributed by atoms with van der Waals surface area (Å²) < 4.78 is 0. The molecule has 1 aliphatic heterocycles. The molecule has 1 saturated heterocycles. The van der Waals surface area contributed by atoms with Gasteiger partial charge < -0.3 is 10.6 Å². The molecule has 1 aliphatic rings. The van der Waals surface area contributed by atoms with Crippen molar-refractivity contribution in [2.24, 2.45) is 4.99 Å². The molecule has 1 aromatic carbocycles. The lowest BCUT2D eigenvalue weighted by Gasteiger charge is -2.38. The lowest BCUT2D eigenvalue weighted by molar-refractivity contribution is 0.134. The molecule has 2 unspecified atom stereocenters. The number of benzene rings is 1. The van der Waals surface area contributed by atoms with Crippen LogP contribution in [0.2, 0.25) is 0 Å². The molecule has 0 saturated carbocycles. The van der Waals surface area contributed by atoms with E-state index >= 15 is 0 Å². The van der Waals surface area contributed by atoms with Gasteiger partial charge in [0.05, 0.1) is 6.54 Å². The summed E-state index contributed by atoms with van der Waals surface area (Å²) in [6.07, 6.45) is 2.30. The molecule has 0 bridgehead atoms. The van der Waals surface area contributed by atoms with E-state index in [4.69, 9.17) is 0 Å². The van der Waals surface area contributed by atoms with Crippen LogP contribution in [0.5, 0.6) is 0 Å². The topological polar surface area (TPSA) is 39.7 Å². The molecular weight excluding hydrogens is 328 g/mol. The Hall–Kier alpha value is -1.85. The van der Waals surface area contributed by atoms with Gasteiger partial charge in [-0.15, -0.1) is 11.3 Å². The highest BCUT2D eigenvalue weighted by Gasteiger charge is 2.25. The zero-order valence-corrected chi connectivity index (χ0v) is 15.9. The highest BCUT2D eigenvalue weighted by Crippen LogP contribution is 2.20. The van der Waals surface area contributed by atoms with Crippen molar-refractivity contribution in [1.29, 1.82) is 0 Å². The van der Waals surface area contributed by atoms with E-state index in [0.717, 1.165) is 38.4 Å². The van der Waals surface area contributed by atoms with Gasteiger partial charge in [0.15, 0.2) is 5.96 Å². The Morgan fingerprint density at radius 1 is 1.24 bits per heavy atom. The predicted molar refractivity (Wildman–Crippen MR) is 107 cm³/mol. The normalized spacial score (nSPS) is 21.9. The first-order chi connectivity index (χ1) is 12.2. The minimum absolute atomic E-state index is 0.483. The van der Waals surface area contributed by atoms with Crippen LogP contribution in [-0.2, 0) is 13.1 Å². The number of likely N-dealkylation sites (tertiary alicyclic amines) is 1. The number of guanidine groups is 1. The van der Waals surface area contributed by atoms with Crippen molar-refractivity contribution < 1.29 is 0 Å². The van der Waals surface area contributed by atoms with Crippen LogP contribution in [0.4, 0.5) is 0 Å². The summed E-state index contributed by atoms with van der Waals surface area (Å²) >= 11 is 1.77. The first-order valence-electron chi connectivity index (χ1n) is 9.02. The van der Waals surface area contributed by atoms with Crippen LogP contribution in [-0.4, -0.2) is 36.5 Å². The SMILES string of the molecule is CN=C(NCc1cccs1)NC1CCN(Cc2ccccc2)C(C)C1. The van der Waals surface area contributed by atoms with Gasteiger partial charge in [-0.1, -0.05) is 36.4 Å². The van der Waals surface area contributed by atoms with Gasteiger partial charge in [-0.05, 0) is 36.8 Å². The van der Waals surface area contributed by atoms with Crippen LogP contribution in [0.1, 0.15) is 30.2 Å². The molecule has 2 N–H and O–H groups in total. The van der Waals surface area contributed by atoms with Crippen LogP contribution in [0.25, 0.3) is 0 Å². The fourth-order valence-electron chi connectivity index (χ4n) is 3.38. The van der Waals surface area contributed by atoms with Crippen LogP contribution in [0.15, 0.2) is 52.8 Å². The summed E-state index contributed by atoms with van der Waals surface area (Å²) in [6.45, 7) is 5.33. The van der Waals surface area contributed by atoms with E-state index in [-0.39, 0.29) is 0 Å². The Bertz CT molecular complexity index is 654. The summed E-state index contributed by atoms with van der Waals surface area (Å²) in [5, 5.41) is 9.13. The van der Waals surface area contributed by atoms with Gasteiger partial charge in [0, 0.05) is 37.1 Å². The second-order valence-corrected chi connectivity index (χ2v) is 7.71. The van der Waals surface area contributed by atoms with Crippen LogP contribution in [0, 0.1) is 0 Å². The molecule has 25 heavy (non-hydrogen) atoms. The van der Waals surface area contributed by atoms with Crippen LogP contribution in [0.3, 0.4) is 0 Å². The molecule has 5 heteroatoms. The van der Waals surface area contributed by atoms with Crippen molar-refractivity contribution in [3.8, 4) is 0 Å². The Morgan fingerprint density at radius 3 is 2.76 bits per heavy atom. The molecule has 1 fully saturated rings. The zero-order chi connectivity index (χ0) is 17.5. The van der Waals surface area contributed by atoms with E-state index in [2.05, 4.69) is 75.3 Å². The van der Waals surface area contributed by atoms with Gasteiger partial charge >= 0.3 is 0 Å². The Morgan fingerprint density at radius 2 is 2.08 bits per heavy atom. The standard InChI is InChI=1S/C20H28N4S/c1-16-13-18(10-11-24(16)15-17-7-4-3-5-8-17)23-20(21-2)22-14-19-9-6-12-25-19/h3-9,12,16,18H,10-11,13-15H2,1-2H3,(H2,21,22,23). The Kier molecular flexibility index (Phi) is 6.48. The van der Waals surface area contributed by atoms with Crippen molar-refractivity contribution >= 4 is 17.3 Å². The number of hydrogen-bond donors (Lipinski definition) is 2. The summed E-state index contributed by atoms with van der Waals surface area (Å²) in [5.74, 6) is 0.905. The maximum absolute atomic E-state index is 4.38. The van der Waals surface area contributed by atoms with Gasteiger partial charge in [0.2, 0.25) is 0 Å². The monoisotopic (exact) mass is 356 g/mol. The summed E-state index contributed by atoms with van der Waals surface area (Å²) in [6, 6.07) is 16.0. The van der Waals surface area contributed by atoms with E-state index in [9.17, 15) is 0 Å². The molecule has 3 rings (SSSR count). The van der Waals surface area contributed by atoms with Crippen molar-refractivity contribution in [2.45, 2.75) is 44.9 Å². The molecule has 134 valence electrons. The molecule has 0 aliphatic carbocycles. The van der Waals surface area contributed by atoms with E-state index < -0.39 is 0 Å². The average molecular weight is 357 g/mol. The van der Waals surface area contributed by atoms with Crippen molar-refractivity contribution in [3.63, 3.8) is 0 Å².